The number of carbonyl (C=O) groups is 3. The van der Waals surface area contributed by atoms with E-state index in [2.05, 4.69) is 21.2 Å². The molecule has 1 aliphatic heterocycles. The van der Waals surface area contributed by atoms with Gasteiger partial charge in [0.25, 0.3) is 11.8 Å². The zero-order valence-electron chi connectivity index (χ0n) is 18.7. The van der Waals surface area contributed by atoms with E-state index >= 15 is 0 Å². The molecule has 0 bridgehead atoms. The first-order valence-electron chi connectivity index (χ1n) is 10.5. The van der Waals surface area contributed by atoms with E-state index in [9.17, 15) is 14.4 Å². The Balaban J connectivity index is 1.73. The summed E-state index contributed by atoms with van der Waals surface area (Å²) >= 11 is 16.2. The van der Waals surface area contributed by atoms with E-state index in [1.54, 1.807) is 31.2 Å². The molecule has 0 aromatic heterocycles. The normalized spacial score (nSPS) is 14.9. The lowest BCUT2D eigenvalue weighted by atomic mass is 10.00. The number of halogens is 3. The molecular formula is C26H19BrCl2N2O4. The summed E-state index contributed by atoms with van der Waals surface area (Å²) in [6.07, 6.45) is 1.89. The minimum atomic E-state index is -0.845. The predicted octanol–water partition coefficient (Wildman–Crippen LogP) is 6.33. The number of barbiturate groups is 1. The molecule has 1 N–H and O–H groups in total. The molecule has 0 aliphatic carbocycles. The summed E-state index contributed by atoms with van der Waals surface area (Å²) in [5.74, 6) is -1.07. The number of benzene rings is 3. The van der Waals surface area contributed by atoms with E-state index in [1.165, 1.54) is 19.3 Å². The number of hydrogen-bond acceptors (Lipinski definition) is 4. The van der Waals surface area contributed by atoms with E-state index in [1.807, 2.05) is 24.3 Å². The number of urea groups is 1. The number of imide groups is 2. The van der Waals surface area contributed by atoms with Crippen molar-refractivity contribution in [2.24, 2.45) is 0 Å². The summed E-state index contributed by atoms with van der Waals surface area (Å²) in [4.78, 5) is 39.3. The van der Waals surface area contributed by atoms with Crippen molar-refractivity contribution in [3.8, 4) is 5.75 Å². The third-order valence-corrected chi connectivity index (χ3v) is 6.89. The maximum Gasteiger partial charge on any atom is 0.335 e. The number of nitrogens with zero attached hydrogens (tertiary/aromatic N) is 1. The minimum absolute atomic E-state index is 0.222. The summed E-state index contributed by atoms with van der Waals surface area (Å²) in [6.45, 7) is 1.74. The second kappa shape index (κ2) is 10.2. The van der Waals surface area contributed by atoms with Gasteiger partial charge < -0.3 is 4.74 Å². The molecular weight excluding hydrogens is 555 g/mol. The SMILES string of the molecule is COc1cc(/C=C2\C(=O)NC(=O)N(c3cc(Cl)ccc3C)C2=O)cc(Cl)c1Cc1ccccc1Br. The van der Waals surface area contributed by atoms with Gasteiger partial charge in [0, 0.05) is 26.5 Å². The molecule has 1 saturated heterocycles. The molecule has 0 spiro atoms. The number of rotatable bonds is 5. The Morgan fingerprint density at radius 3 is 2.51 bits per heavy atom. The van der Waals surface area contributed by atoms with Crippen molar-refractivity contribution in [2.45, 2.75) is 13.3 Å². The van der Waals surface area contributed by atoms with Crippen molar-refractivity contribution in [2.75, 3.05) is 12.0 Å². The minimum Gasteiger partial charge on any atom is -0.496 e. The molecule has 1 heterocycles. The largest absolute Gasteiger partial charge is 0.496 e. The highest BCUT2D eigenvalue weighted by molar-refractivity contribution is 9.10. The Morgan fingerprint density at radius 1 is 1.06 bits per heavy atom. The van der Waals surface area contributed by atoms with Crippen LogP contribution in [0.3, 0.4) is 0 Å². The molecule has 3 aromatic rings. The van der Waals surface area contributed by atoms with Crippen molar-refractivity contribution in [1.82, 2.24) is 5.32 Å². The molecule has 1 aliphatic rings. The number of anilines is 1. The topological polar surface area (TPSA) is 75.7 Å². The molecule has 3 aromatic carbocycles. The van der Waals surface area contributed by atoms with Gasteiger partial charge in [-0.1, -0.05) is 63.4 Å². The van der Waals surface area contributed by atoms with Crippen LogP contribution in [0, 0.1) is 6.92 Å². The highest BCUT2D eigenvalue weighted by Crippen LogP contribution is 2.34. The zero-order valence-corrected chi connectivity index (χ0v) is 21.8. The number of carbonyl (C=O) groups excluding carboxylic acids is 3. The van der Waals surface area contributed by atoms with Crippen LogP contribution in [0.5, 0.6) is 5.75 Å². The monoisotopic (exact) mass is 572 g/mol. The molecule has 0 atom stereocenters. The van der Waals surface area contributed by atoms with Crippen molar-refractivity contribution in [3.63, 3.8) is 0 Å². The Hall–Kier alpha value is -3.13. The highest BCUT2D eigenvalue weighted by Gasteiger charge is 2.37. The van der Waals surface area contributed by atoms with Gasteiger partial charge in [-0.2, -0.15) is 0 Å². The maximum absolute atomic E-state index is 13.3. The zero-order chi connectivity index (χ0) is 25.3. The van der Waals surface area contributed by atoms with Gasteiger partial charge in [-0.05, 0) is 60.0 Å². The van der Waals surface area contributed by atoms with Gasteiger partial charge in [-0.3, -0.25) is 14.9 Å². The molecule has 9 heteroatoms. The van der Waals surface area contributed by atoms with Gasteiger partial charge in [0.1, 0.15) is 11.3 Å². The van der Waals surface area contributed by atoms with Crippen LogP contribution in [0.1, 0.15) is 22.3 Å². The molecule has 1 fully saturated rings. The highest BCUT2D eigenvalue weighted by atomic mass is 79.9. The van der Waals surface area contributed by atoms with Crippen LogP contribution in [0.4, 0.5) is 10.5 Å². The van der Waals surface area contributed by atoms with Gasteiger partial charge in [-0.15, -0.1) is 0 Å². The van der Waals surface area contributed by atoms with Crippen LogP contribution in [-0.4, -0.2) is 25.0 Å². The maximum atomic E-state index is 13.3. The van der Waals surface area contributed by atoms with Crippen molar-refractivity contribution in [1.29, 1.82) is 0 Å². The molecule has 35 heavy (non-hydrogen) atoms. The molecule has 0 saturated carbocycles. The van der Waals surface area contributed by atoms with Crippen LogP contribution in [0.15, 0.2) is 64.6 Å². The number of aryl methyl sites for hydroxylation is 1. The van der Waals surface area contributed by atoms with Crippen LogP contribution >= 0.6 is 39.1 Å². The molecule has 0 radical (unpaired) electrons. The van der Waals surface area contributed by atoms with E-state index in [0.29, 0.717) is 33.3 Å². The lowest BCUT2D eigenvalue weighted by Gasteiger charge is -2.27. The first kappa shape index (κ1) is 25.0. The number of amides is 4. The van der Waals surface area contributed by atoms with E-state index in [-0.39, 0.29) is 11.3 Å². The van der Waals surface area contributed by atoms with Gasteiger partial charge >= 0.3 is 6.03 Å². The van der Waals surface area contributed by atoms with Crippen molar-refractivity contribution >= 4 is 68.7 Å². The van der Waals surface area contributed by atoms with Crippen molar-refractivity contribution < 1.29 is 19.1 Å². The molecule has 6 nitrogen and oxygen atoms in total. The Bertz CT molecular complexity index is 1400. The average molecular weight is 574 g/mol. The molecule has 178 valence electrons. The lowest BCUT2D eigenvalue weighted by molar-refractivity contribution is -0.122. The fourth-order valence-electron chi connectivity index (χ4n) is 3.77. The van der Waals surface area contributed by atoms with Crippen molar-refractivity contribution in [3.05, 3.63) is 96.9 Å². The van der Waals surface area contributed by atoms with E-state index < -0.39 is 17.8 Å². The second-order valence-corrected chi connectivity index (χ2v) is 9.54. The summed E-state index contributed by atoms with van der Waals surface area (Å²) in [5.41, 5.74) is 2.96. The average Bonchev–Trinajstić information content (AvgIpc) is 2.81. The summed E-state index contributed by atoms with van der Waals surface area (Å²) in [5, 5.41) is 2.98. The van der Waals surface area contributed by atoms with Crippen LogP contribution in [0.25, 0.3) is 6.08 Å². The second-order valence-electron chi connectivity index (χ2n) is 7.84. The number of methoxy groups -OCH3 is 1. The van der Waals surface area contributed by atoms with Gasteiger partial charge in [0.2, 0.25) is 0 Å². The quantitative estimate of drug-likeness (QED) is 0.286. The molecule has 0 unspecified atom stereocenters. The Kier molecular flexibility index (Phi) is 7.31. The smallest absolute Gasteiger partial charge is 0.335 e. The van der Waals surface area contributed by atoms with E-state index in [4.69, 9.17) is 27.9 Å². The van der Waals surface area contributed by atoms with Crippen LogP contribution in [0.2, 0.25) is 10.0 Å². The lowest BCUT2D eigenvalue weighted by Crippen LogP contribution is -2.54. The van der Waals surface area contributed by atoms with Gasteiger partial charge in [-0.25, -0.2) is 9.69 Å². The Morgan fingerprint density at radius 2 is 1.80 bits per heavy atom. The van der Waals surface area contributed by atoms with Gasteiger partial charge in [0.05, 0.1) is 12.8 Å². The first-order chi connectivity index (χ1) is 16.7. The number of ether oxygens (including phenoxy) is 1. The van der Waals surface area contributed by atoms with E-state index in [0.717, 1.165) is 20.5 Å². The summed E-state index contributed by atoms with van der Waals surface area (Å²) in [6, 6.07) is 15.1. The predicted molar refractivity (Wildman–Crippen MR) is 140 cm³/mol. The fourth-order valence-corrected chi connectivity index (χ4v) is 4.64. The van der Waals surface area contributed by atoms with Gasteiger partial charge in [0.15, 0.2) is 0 Å². The number of nitrogens with one attached hydrogen (secondary N) is 1. The fraction of sp³-hybridized carbons (Fsp3) is 0.115. The molecule has 4 amide bonds. The number of hydrogen-bond donors (Lipinski definition) is 1. The van der Waals surface area contributed by atoms with Crippen LogP contribution < -0.4 is 15.0 Å². The summed E-state index contributed by atoms with van der Waals surface area (Å²) < 4.78 is 6.50. The standard InChI is InChI=1S/C26H19BrCl2N2O4/c1-14-7-8-17(28)13-22(14)31-25(33)19(24(32)30-26(31)34)9-15-10-21(29)18(23(11-15)35-2)12-16-5-3-4-6-20(16)27/h3-11,13H,12H2,1-2H3,(H,30,32,34)/b19-9+. The Labute approximate surface area is 220 Å². The third-order valence-electron chi connectivity index (χ3n) is 5.55. The molecule has 4 rings (SSSR count). The first-order valence-corrected chi connectivity index (χ1v) is 12.0. The van der Waals surface area contributed by atoms with Crippen LogP contribution in [-0.2, 0) is 16.0 Å². The third kappa shape index (κ3) is 5.12. The summed E-state index contributed by atoms with van der Waals surface area (Å²) in [7, 11) is 1.52.